The van der Waals surface area contributed by atoms with Gasteiger partial charge in [-0.2, -0.15) is 5.10 Å². The molecule has 2 heterocycles. The molecule has 1 aromatic heterocycles. The number of benzene rings is 1. The summed E-state index contributed by atoms with van der Waals surface area (Å²) in [6.45, 7) is 12.0. The number of fused-ring (bicyclic) bond motifs is 1. The van der Waals surface area contributed by atoms with E-state index >= 15 is 0 Å². The number of nitrogens with zero attached hydrogens (tertiary/aromatic N) is 4. The summed E-state index contributed by atoms with van der Waals surface area (Å²) in [7, 11) is 1.98. The Hall–Kier alpha value is -2.34. The fraction of sp³-hybridized carbons (Fsp3) is 0.545. The first-order chi connectivity index (χ1) is 13.6. The molecular formula is C22H34N6. The van der Waals surface area contributed by atoms with Crippen LogP contribution in [0.15, 0.2) is 29.3 Å². The molecule has 0 unspecified atom stereocenters. The minimum absolute atomic E-state index is 0.656. The highest BCUT2D eigenvalue weighted by atomic mass is 15.3. The lowest BCUT2D eigenvalue weighted by atomic mass is 10.00. The topological polar surface area (TPSA) is 57.5 Å². The van der Waals surface area contributed by atoms with Gasteiger partial charge in [0.2, 0.25) is 0 Å². The maximum absolute atomic E-state index is 4.76. The van der Waals surface area contributed by atoms with Crippen molar-refractivity contribution in [3.05, 3.63) is 52.3 Å². The van der Waals surface area contributed by atoms with Crippen molar-refractivity contribution in [2.45, 2.75) is 46.7 Å². The van der Waals surface area contributed by atoms with Crippen LogP contribution in [0, 0.1) is 13.8 Å². The number of aliphatic imine (C=N–C) groups is 1. The number of aromatic nitrogens is 2. The maximum atomic E-state index is 4.76. The molecule has 0 aliphatic carbocycles. The molecule has 0 bridgehead atoms. The largest absolute Gasteiger partial charge is 0.357 e. The molecule has 1 aliphatic rings. The number of hydrogen-bond donors (Lipinski definition) is 2. The first-order valence-electron chi connectivity index (χ1n) is 10.4. The van der Waals surface area contributed by atoms with E-state index in [2.05, 4.69) is 65.7 Å². The highest BCUT2D eigenvalue weighted by Gasteiger charge is 2.15. The van der Waals surface area contributed by atoms with E-state index in [-0.39, 0.29) is 0 Å². The van der Waals surface area contributed by atoms with Crippen LogP contribution < -0.4 is 10.6 Å². The van der Waals surface area contributed by atoms with Gasteiger partial charge in [-0.05, 0) is 44.7 Å². The summed E-state index contributed by atoms with van der Waals surface area (Å²) in [5.74, 6) is 0.883. The predicted octanol–water partition coefficient (Wildman–Crippen LogP) is 2.54. The molecule has 0 radical (unpaired) electrons. The van der Waals surface area contributed by atoms with Crippen LogP contribution >= 0.6 is 0 Å². The van der Waals surface area contributed by atoms with Crippen molar-refractivity contribution in [1.82, 2.24) is 25.3 Å². The third kappa shape index (κ3) is 5.13. The molecule has 0 saturated heterocycles. The van der Waals surface area contributed by atoms with Gasteiger partial charge in [0, 0.05) is 51.0 Å². The number of hydrogen-bond acceptors (Lipinski definition) is 3. The minimum Gasteiger partial charge on any atom is -0.357 e. The van der Waals surface area contributed by atoms with Gasteiger partial charge in [0.25, 0.3) is 0 Å². The van der Waals surface area contributed by atoms with Crippen molar-refractivity contribution in [2.24, 2.45) is 12.0 Å². The fourth-order valence-corrected chi connectivity index (χ4v) is 3.80. The van der Waals surface area contributed by atoms with Crippen molar-refractivity contribution in [3.8, 4) is 0 Å². The Morgan fingerprint density at radius 3 is 2.68 bits per heavy atom. The summed E-state index contributed by atoms with van der Waals surface area (Å²) in [5, 5.41) is 11.3. The monoisotopic (exact) mass is 382 g/mol. The third-order valence-electron chi connectivity index (χ3n) is 5.55. The van der Waals surface area contributed by atoms with Crippen LogP contribution in [0.1, 0.15) is 41.4 Å². The average Bonchev–Trinajstić information content (AvgIpc) is 2.94. The smallest absolute Gasteiger partial charge is 0.191 e. The molecule has 0 saturated carbocycles. The highest BCUT2D eigenvalue weighted by Crippen LogP contribution is 2.18. The Labute approximate surface area is 169 Å². The molecule has 1 aliphatic heterocycles. The van der Waals surface area contributed by atoms with Gasteiger partial charge in [-0.15, -0.1) is 0 Å². The first-order valence-corrected chi connectivity index (χ1v) is 10.4. The molecule has 28 heavy (non-hydrogen) atoms. The lowest BCUT2D eigenvalue weighted by Crippen LogP contribution is -2.39. The van der Waals surface area contributed by atoms with Crippen molar-refractivity contribution < 1.29 is 0 Å². The summed E-state index contributed by atoms with van der Waals surface area (Å²) in [6, 6.07) is 8.82. The van der Waals surface area contributed by atoms with E-state index in [9.17, 15) is 0 Å². The molecule has 2 aromatic rings. The molecule has 0 fully saturated rings. The van der Waals surface area contributed by atoms with Gasteiger partial charge < -0.3 is 10.6 Å². The summed E-state index contributed by atoms with van der Waals surface area (Å²) in [5.41, 5.74) is 6.46. The van der Waals surface area contributed by atoms with Crippen LogP contribution in [-0.4, -0.2) is 46.8 Å². The summed E-state index contributed by atoms with van der Waals surface area (Å²) in [6.07, 6.45) is 2.27. The van der Waals surface area contributed by atoms with E-state index in [1.54, 1.807) is 0 Å². The van der Waals surface area contributed by atoms with Crippen molar-refractivity contribution >= 4 is 5.96 Å². The van der Waals surface area contributed by atoms with Crippen LogP contribution in [0.5, 0.6) is 0 Å². The zero-order valence-corrected chi connectivity index (χ0v) is 17.8. The zero-order valence-electron chi connectivity index (χ0n) is 17.8. The summed E-state index contributed by atoms with van der Waals surface area (Å²) < 4.78 is 1.93. The van der Waals surface area contributed by atoms with E-state index in [1.807, 2.05) is 11.7 Å². The van der Waals surface area contributed by atoms with Crippen LogP contribution in [0.4, 0.5) is 0 Å². The Morgan fingerprint density at radius 2 is 1.96 bits per heavy atom. The zero-order chi connectivity index (χ0) is 19.9. The van der Waals surface area contributed by atoms with E-state index in [4.69, 9.17) is 4.99 Å². The Balaban J connectivity index is 1.46. The molecular weight excluding hydrogens is 348 g/mol. The van der Waals surface area contributed by atoms with Gasteiger partial charge in [0.05, 0.1) is 12.2 Å². The maximum Gasteiger partial charge on any atom is 0.191 e. The van der Waals surface area contributed by atoms with Gasteiger partial charge in [-0.3, -0.25) is 9.58 Å². The SMILES string of the molecule is CCNC(=NCc1c(C)nn(C)c1C)NCCCN1CCc2ccccc2C1. The van der Waals surface area contributed by atoms with E-state index in [0.717, 1.165) is 57.2 Å². The first kappa shape index (κ1) is 20.4. The summed E-state index contributed by atoms with van der Waals surface area (Å²) in [4.78, 5) is 7.31. The number of guanidine groups is 1. The molecule has 6 nitrogen and oxygen atoms in total. The van der Waals surface area contributed by atoms with Crippen molar-refractivity contribution in [1.29, 1.82) is 0 Å². The fourth-order valence-electron chi connectivity index (χ4n) is 3.80. The highest BCUT2D eigenvalue weighted by molar-refractivity contribution is 5.79. The van der Waals surface area contributed by atoms with Gasteiger partial charge in [0.1, 0.15) is 0 Å². The van der Waals surface area contributed by atoms with Crippen molar-refractivity contribution in [3.63, 3.8) is 0 Å². The van der Waals surface area contributed by atoms with Crippen molar-refractivity contribution in [2.75, 3.05) is 26.2 Å². The number of rotatable bonds is 7. The van der Waals surface area contributed by atoms with Crippen LogP contribution in [0.2, 0.25) is 0 Å². The second-order valence-electron chi connectivity index (χ2n) is 7.54. The Kier molecular flexibility index (Phi) is 7.09. The third-order valence-corrected chi connectivity index (χ3v) is 5.55. The van der Waals surface area contributed by atoms with E-state index in [0.29, 0.717) is 6.54 Å². The molecule has 152 valence electrons. The lowest BCUT2D eigenvalue weighted by Gasteiger charge is -2.28. The molecule has 3 rings (SSSR count). The Morgan fingerprint density at radius 1 is 1.18 bits per heavy atom. The molecule has 6 heteroatoms. The minimum atomic E-state index is 0.656. The van der Waals surface area contributed by atoms with Gasteiger partial charge in [0.15, 0.2) is 5.96 Å². The van der Waals surface area contributed by atoms with E-state index < -0.39 is 0 Å². The van der Waals surface area contributed by atoms with Gasteiger partial charge in [-0.1, -0.05) is 24.3 Å². The average molecular weight is 383 g/mol. The molecule has 1 aromatic carbocycles. The number of nitrogens with one attached hydrogen (secondary N) is 2. The van der Waals surface area contributed by atoms with Crippen LogP contribution in [0.25, 0.3) is 0 Å². The molecule has 0 amide bonds. The van der Waals surface area contributed by atoms with E-state index in [1.165, 1.54) is 22.4 Å². The molecule has 0 spiro atoms. The number of aryl methyl sites for hydroxylation is 2. The predicted molar refractivity (Wildman–Crippen MR) is 116 cm³/mol. The second kappa shape index (κ2) is 9.73. The molecule has 0 atom stereocenters. The standard InChI is InChI=1S/C22H34N6/c1-5-23-22(25-15-21-17(2)26-27(4)18(21)3)24-12-8-13-28-14-11-19-9-6-7-10-20(19)16-28/h6-7,9-10H,5,8,11-16H2,1-4H3,(H2,23,24,25). The van der Waals surface area contributed by atoms with Crippen LogP contribution in [-0.2, 0) is 26.6 Å². The summed E-state index contributed by atoms with van der Waals surface area (Å²) >= 11 is 0. The lowest BCUT2D eigenvalue weighted by molar-refractivity contribution is 0.251. The van der Waals surface area contributed by atoms with Gasteiger partial charge >= 0.3 is 0 Å². The van der Waals surface area contributed by atoms with Gasteiger partial charge in [-0.25, -0.2) is 4.99 Å². The normalized spacial score (nSPS) is 14.8. The Bertz CT molecular complexity index is 807. The van der Waals surface area contributed by atoms with Crippen LogP contribution in [0.3, 0.4) is 0 Å². The quantitative estimate of drug-likeness (QED) is 0.439. The second-order valence-corrected chi connectivity index (χ2v) is 7.54. The molecule has 2 N–H and O–H groups in total.